The van der Waals surface area contributed by atoms with Crippen molar-refractivity contribution < 1.29 is 28.8 Å². The molecule has 0 spiro atoms. The van der Waals surface area contributed by atoms with Crippen molar-refractivity contribution in [2.24, 2.45) is 0 Å². The van der Waals surface area contributed by atoms with Gasteiger partial charge in [0.2, 0.25) is 0 Å². The molecule has 0 fully saturated rings. The number of aliphatic hydroxyl groups excluding tert-OH is 1. The van der Waals surface area contributed by atoms with E-state index in [0.717, 1.165) is 0 Å². The van der Waals surface area contributed by atoms with Crippen LogP contribution in [0.3, 0.4) is 0 Å². The molecule has 0 atom stereocenters. The van der Waals surface area contributed by atoms with Crippen LogP contribution in [0, 0.1) is 0 Å². The van der Waals surface area contributed by atoms with Crippen LogP contribution in [0.5, 0.6) is 0 Å². The van der Waals surface area contributed by atoms with E-state index < -0.39 is 6.09 Å². The molecule has 0 aromatic heterocycles. The van der Waals surface area contributed by atoms with E-state index in [0.29, 0.717) is 39.6 Å². The Balaban J connectivity index is 3.19. The van der Waals surface area contributed by atoms with Gasteiger partial charge in [-0.15, -0.1) is 0 Å². The van der Waals surface area contributed by atoms with Crippen molar-refractivity contribution in [1.82, 2.24) is 5.32 Å². The Morgan fingerprint density at radius 3 is 1.80 bits per heavy atom. The highest BCUT2D eigenvalue weighted by molar-refractivity contribution is 5.67. The number of alkyl carbamates (subject to hydrolysis) is 1. The van der Waals surface area contributed by atoms with Crippen molar-refractivity contribution in [2.75, 3.05) is 52.9 Å². The summed E-state index contributed by atoms with van der Waals surface area (Å²) >= 11 is 0. The van der Waals surface area contributed by atoms with Crippen molar-refractivity contribution in [2.45, 2.75) is 26.3 Å². The first-order valence-electron chi connectivity index (χ1n) is 6.75. The molecule has 0 aromatic carbocycles. The molecule has 0 bridgehead atoms. The first-order chi connectivity index (χ1) is 9.45. The van der Waals surface area contributed by atoms with Crippen molar-refractivity contribution in [3.05, 3.63) is 0 Å². The van der Waals surface area contributed by atoms with Crippen LogP contribution in [0.2, 0.25) is 0 Å². The molecule has 0 rings (SSSR count). The summed E-state index contributed by atoms with van der Waals surface area (Å²) in [5.41, 5.74) is -0.302. The maximum absolute atomic E-state index is 11.3. The molecule has 0 aliphatic carbocycles. The zero-order valence-corrected chi connectivity index (χ0v) is 12.6. The average Bonchev–Trinajstić information content (AvgIpc) is 2.34. The molecule has 20 heavy (non-hydrogen) atoms. The Hall–Kier alpha value is -0.890. The monoisotopic (exact) mass is 293 g/mol. The van der Waals surface area contributed by atoms with Gasteiger partial charge < -0.3 is 29.4 Å². The number of hydrogen-bond donors (Lipinski definition) is 2. The summed E-state index contributed by atoms with van der Waals surface area (Å²) in [6.07, 6.45) is -0.446. The number of ether oxygens (including phenoxy) is 4. The molecular formula is C13H27NO6. The third-order valence-electron chi connectivity index (χ3n) is 1.92. The predicted octanol–water partition coefficient (Wildman–Crippen LogP) is 0.553. The van der Waals surface area contributed by atoms with Gasteiger partial charge in [-0.1, -0.05) is 0 Å². The van der Waals surface area contributed by atoms with Gasteiger partial charge in [-0.2, -0.15) is 0 Å². The third kappa shape index (κ3) is 15.2. The van der Waals surface area contributed by atoms with Crippen LogP contribution in [0.1, 0.15) is 20.8 Å². The van der Waals surface area contributed by atoms with Crippen LogP contribution in [0.4, 0.5) is 4.79 Å². The number of nitrogens with one attached hydrogen (secondary N) is 1. The zero-order chi connectivity index (χ0) is 15.3. The minimum atomic E-state index is -0.446. The van der Waals surface area contributed by atoms with Gasteiger partial charge in [0.05, 0.1) is 46.2 Å². The maximum Gasteiger partial charge on any atom is 0.407 e. The average molecular weight is 293 g/mol. The molecule has 0 radical (unpaired) electrons. The van der Waals surface area contributed by atoms with Crippen LogP contribution in [0.15, 0.2) is 0 Å². The molecule has 0 saturated carbocycles. The lowest BCUT2D eigenvalue weighted by molar-refractivity contribution is 0.000493. The van der Waals surface area contributed by atoms with E-state index in [1.165, 1.54) is 0 Å². The van der Waals surface area contributed by atoms with Gasteiger partial charge in [0, 0.05) is 5.54 Å². The molecule has 0 heterocycles. The van der Waals surface area contributed by atoms with Gasteiger partial charge in [0.25, 0.3) is 0 Å². The Labute approximate surface area is 120 Å². The summed E-state index contributed by atoms with van der Waals surface area (Å²) in [6.45, 7) is 8.35. The Morgan fingerprint density at radius 1 is 0.900 bits per heavy atom. The largest absolute Gasteiger partial charge is 0.447 e. The van der Waals surface area contributed by atoms with E-state index in [1.54, 1.807) is 0 Å². The van der Waals surface area contributed by atoms with Crippen LogP contribution >= 0.6 is 0 Å². The van der Waals surface area contributed by atoms with Crippen LogP contribution < -0.4 is 5.32 Å². The van der Waals surface area contributed by atoms with Crippen molar-refractivity contribution in [3.63, 3.8) is 0 Å². The lowest BCUT2D eigenvalue weighted by atomic mass is 10.1. The number of carbonyl (C=O) groups is 1. The molecule has 7 nitrogen and oxygen atoms in total. The molecule has 0 aliphatic heterocycles. The summed E-state index contributed by atoms with van der Waals surface area (Å²) in [5, 5.41) is 11.1. The predicted molar refractivity (Wildman–Crippen MR) is 73.8 cm³/mol. The summed E-state index contributed by atoms with van der Waals surface area (Å²) in [7, 11) is 0. The van der Waals surface area contributed by atoms with Gasteiger partial charge in [-0.25, -0.2) is 4.79 Å². The SMILES string of the molecule is CC(C)(C)NC(=O)OCCOCCOCCOCCO. The molecular weight excluding hydrogens is 266 g/mol. The molecule has 1 amide bonds. The zero-order valence-electron chi connectivity index (χ0n) is 12.6. The van der Waals surface area contributed by atoms with E-state index in [-0.39, 0.29) is 18.8 Å². The molecule has 7 heteroatoms. The van der Waals surface area contributed by atoms with Crippen molar-refractivity contribution in [3.8, 4) is 0 Å². The van der Waals surface area contributed by atoms with E-state index in [2.05, 4.69) is 5.32 Å². The van der Waals surface area contributed by atoms with E-state index in [9.17, 15) is 4.79 Å². The second-order valence-corrected chi connectivity index (χ2v) is 5.07. The first kappa shape index (κ1) is 19.1. The van der Waals surface area contributed by atoms with Crippen LogP contribution in [-0.4, -0.2) is 69.6 Å². The molecule has 0 aromatic rings. The number of hydrogen-bond acceptors (Lipinski definition) is 6. The summed E-state index contributed by atoms with van der Waals surface area (Å²) < 4.78 is 20.4. The van der Waals surface area contributed by atoms with E-state index in [1.807, 2.05) is 20.8 Å². The van der Waals surface area contributed by atoms with Crippen molar-refractivity contribution >= 4 is 6.09 Å². The minimum absolute atomic E-state index is 0.0197. The standard InChI is InChI=1S/C13H27NO6/c1-13(2,3)14-12(16)20-11-10-19-9-8-18-7-6-17-5-4-15/h15H,4-11H2,1-3H3,(H,14,16). The maximum atomic E-state index is 11.3. The lowest BCUT2D eigenvalue weighted by Crippen LogP contribution is -2.41. The fourth-order valence-electron chi connectivity index (χ4n) is 1.14. The second-order valence-electron chi connectivity index (χ2n) is 5.07. The third-order valence-corrected chi connectivity index (χ3v) is 1.92. The highest BCUT2D eigenvalue weighted by Gasteiger charge is 2.13. The Bertz CT molecular complexity index is 242. The first-order valence-corrected chi connectivity index (χ1v) is 6.75. The molecule has 2 N–H and O–H groups in total. The lowest BCUT2D eigenvalue weighted by Gasteiger charge is -2.19. The number of amides is 1. The number of aliphatic hydroxyl groups is 1. The quantitative estimate of drug-likeness (QED) is 0.541. The van der Waals surface area contributed by atoms with Gasteiger partial charge in [0.15, 0.2) is 0 Å². The van der Waals surface area contributed by atoms with Gasteiger partial charge >= 0.3 is 6.09 Å². The van der Waals surface area contributed by atoms with E-state index in [4.69, 9.17) is 24.1 Å². The van der Waals surface area contributed by atoms with E-state index >= 15 is 0 Å². The summed E-state index contributed by atoms with van der Waals surface area (Å²) in [5.74, 6) is 0. The number of carbonyl (C=O) groups excluding carboxylic acids is 1. The molecule has 0 aliphatic rings. The fraction of sp³-hybridized carbons (Fsp3) is 0.923. The highest BCUT2D eigenvalue weighted by Crippen LogP contribution is 1.98. The number of rotatable bonds is 11. The topological polar surface area (TPSA) is 86.3 Å². The molecule has 120 valence electrons. The van der Waals surface area contributed by atoms with Gasteiger partial charge in [-0.3, -0.25) is 0 Å². The minimum Gasteiger partial charge on any atom is -0.447 e. The van der Waals surface area contributed by atoms with Crippen LogP contribution in [-0.2, 0) is 18.9 Å². The normalized spacial score (nSPS) is 11.4. The summed E-state index contributed by atoms with van der Waals surface area (Å²) in [6, 6.07) is 0. The smallest absolute Gasteiger partial charge is 0.407 e. The Kier molecular flexibility index (Phi) is 11.4. The molecule has 0 saturated heterocycles. The highest BCUT2D eigenvalue weighted by atomic mass is 16.6. The van der Waals surface area contributed by atoms with Crippen molar-refractivity contribution in [1.29, 1.82) is 0 Å². The van der Waals surface area contributed by atoms with Crippen LogP contribution in [0.25, 0.3) is 0 Å². The second kappa shape index (κ2) is 11.9. The molecule has 0 unspecified atom stereocenters. The fourth-order valence-corrected chi connectivity index (χ4v) is 1.14. The van der Waals surface area contributed by atoms with Gasteiger partial charge in [-0.05, 0) is 20.8 Å². The Morgan fingerprint density at radius 2 is 1.35 bits per heavy atom. The summed E-state index contributed by atoms with van der Waals surface area (Å²) in [4.78, 5) is 11.3. The van der Waals surface area contributed by atoms with Gasteiger partial charge in [0.1, 0.15) is 6.61 Å².